The largest absolute Gasteiger partial charge is 0.489 e. The number of ether oxygens (including phenoxy) is 1. The van der Waals surface area contributed by atoms with Crippen LogP contribution in [-0.4, -0.2) is 4.98 Å². The van der Waals surface area contributed by atoms with E-state index in [1.165, 1.54) is 0 Å². The predicted octanol–water partition coefficient (Wildman–Crippen LogP) is 4.73. The van der Waals surface area contributed by atoms with Crippen molar-refractivity contribution in [2.75, 3.05) is 0 Å². The minimum absolute atomic E-state index is 0.361. The minimum atomic E-state index is 0.361. The zero-order valence-corrected chi connectivity index (χ0v) is 11.8. The molecule has 5 heteroatoms. The first-order chi connectivity index (χ1) is 8.15. The SMILES string of the molecule is Clc1cc(Cl)c(COc2cccc(Br)c2)cn1. The van der Waals surface area contributed by atoms with Gasteiger partial charge in [0.1, 0.15) is 17.5 Å². The maximum absolute atomic E-state index is 6.01. The van der Waals surface area contributed by atoms with Gasteiger partial charge in [-0.2, -0.15) is 0 Å². The Labute approximate surface area is 118 Å². The predicted molar refractivity (Wildman–Crippen MR) is 72.7 cm³/mol. The fraction of sp³-hybridized carbons (Fsp3) is 0.0833. The van der Waals surface area contributed by atoms with Crippen LogP contribution in [0.1, 0.15) is 5.56 Å². The summed E-state index contributed by atoms with van der Waals surface area (Å²) >= 11 is 15.1. The molecule has 0 atom stereocenters. The summed E-state index contributed by atoms with van der Waals surface area (Å²) in [4.78, 5) is 3.96. The first-order valence-electron chi connectivity index (χ1n) is 4.83. The van der Waals surface area contributed by atoms with E-state index < -0.39 is 0 Å². The van der Waals surface area contributed by atoms with Gasteiger partial charge in [0.15, 0.2) is 0 Å². The summed E-state index contributed by atoms with van der Waals surface area (Å²) in [5, 5.41) is 0.932. The van der Waals surface area contributed by atoms with Crippen molar-refractivity contribution in [3.8, 4) is 5.75 Å². The van der Waals surface area contributed by atoms with Gasteiger partial charge in [0.05, 0.1) is 5.02 Å². The highest BCUT2D eigenvalue weighted by atomic mass is 79.9. The van der Waals surface area contributed by atoms with Gasteiger partial charge in [-0.3, -0.25) is 0 Å². The molecule has 17 heavy (non-hydrogen) atoms. The summed E-state index contributed by atoms with van der Waals surface area (Å²) in [7, 11) is 0. The van der Waals surface area contributed by atoms with Gasteiger partial charge in [0, 0.05) is 16.2 Å². The lowest BCUT2D eigenvalue weighted by molar-refractivity contribution is 0.305. The van der Waals surface area contributed by atoms with Gasteiger partial charge >= 0.3 is 0 Å². The first-order valence-corrected chi connectivity index (χ1v) is 6.38. The van der Waals surface area contributed by atoms with E-state index in [1.54, 1.807) is 12.3 Å². The van der Waals surface area contributed by atoms with E-state index in [4.69, 9.17) is 27.9 Å². The average molecular weight is 333 g/mol. The van der Waals surface area contributed by atoms with Gasteiger partial charge in [-0.1, -0.05) is 45.2 Å². The number of aromatic nitrogens is 1. The highest BCUT2D eigenvalue weighted by Gasteiger charge is 2.03. The Balaban J connectivity index is 2.07. The van der Waals surface area contributed by atoms with Crippen molar-refractivity contribution in [1.82, 2.24) is 4.98 Å². The Morgan fingerprint density at radius 2 is 2.06 bits per heavy atom. The van der Waals surface area contributed by atoms with Gasteiger partial charge in [-0.05, 0) is 24.3 Å². The molecule has 2 rings (SSSR count). The summed E-state index contributed by atoms with van der Waals surface area (Å²) in [6, 6.07) is 9.20. The van der Waals surface area contributed by atoms with Crippen LogP contribution in [0.25, 0.3) is 0 Å². The Kier molecular flexibility index (Phi) is 4.26. The number of rotatable bonds is 3. The molecular formula is C12H8BrCl2NO. The van der Waals surface area contributed by atoms with Crippen LogP contribution in [0.3, 0.4) is 0 Å². The molecule has 1 aromatic carbocycles. The maximum atomic E-state index is 6.01. The van der Waals surface area contributed by atoms with E-state index in [1.807, 2.05) is 24.3 Å². The smallest absolute Gasteiger partial charge is 0.130 e. The number of hydrogen-bond acceptors (Lipinski definition) is 2. The Hall–Kier alpha value is -0.770. The van der Waals surface area contributed by atoms with Crippen molar-refractivity contribution in [3.05, 3.63) is 56.7 Å². The van der Waals surface area contributed by atoms with Crippen molar-refractivity contribution in [2.24, 2.45) is 0 Å². The monoisotopic (exact) mass is 331 g/mol. The molecule has 0 saturated carbocycles. The van der Waals surface area contributed by atoms with E-state index in [0.29, 0.717) is 16.8 Å². The number of hydrogen-bond donors (Lipinski definition) is 0. The average Bonchev–Trinajstić information content (AvgIpc) is 2.28. The molecule has 0 radical (unpaired) electrons. The summed E-state index contributed by atoms with van der Waals surface area (Å²) in [5.41, 5.74) is 0.802. The fourth-order valence-corrected chi connectivity index (χ4v) is 2.06. The van der Waals surface area contributed by atoms with E-state index in [0.717, 1.165) is 15.8 Å². The normalized spacial score (nSPS) is 10.3. The van der Waals surface area contributed by atoms with Crippen LogP contribution in [0.4, 0.5) is 0 Å². The zero-order valence-electron chi connectivity index (χ0n) is 8.66. The summed E-state index contributed by atoms with van der Waals surface area (Å²) < 4.78 is 6.56. The lowest BCUT2D eigenvalue weighted by Gasteiger charge is -2.07. The molecule has 0 saturated heterocycles. The summed E-state index contributed by atoms with van der Waals surface area (Å²) in [6.45, 7) is 0.361. The second kappa shape index (κ2) is 5.71. The molecule has 0 spiro atoms. The first kappa shape index (κ1) is 12.7. The molecular weight excluding hydrogens is 325 g/mol. The van der Waals surface area contributed by atoms with Crippen LogP contribution in [0.5, 0.6) is 5.75 Å². The van der Waals surface area contributed by atoms with Gasteiger partial charge in [0.25, 0.3) is 0 Å². The van der Waals surface area contributed by atoms with Gasteiger partial charge < -0.3 is 4.74 Å². The van der Waals surface area contributed by atoms with E-state index in [2.05, 4.69) is 20.9 Å². The second-order valence-electron chi connectivity index (χ2n) is 3.34. The van der Waals surface area contributed by atoms with Crippen LogP contribution in [0, 0.1) is 0 Å². The van der Waals surface area contributed by atoms with Gasteiger partial charge in [-0.15, -0.1) is 0 Å². The third-order valence-corrected chi connectivity index (χ3v) is 3.14. The molecule has 1 aromatic heterocycles. The molecule has 0 N–H and O–H groups in total. The highest BCUT2D eigenvalue weighted by molar-refractivity contribution is 9.10. The Morgan fingerprint density at radius 3 is 2.76 bits per heavy atom. The lowest BCUT2D eigenvalue weighted by atomic mass is 10.3. The summed E-state index contributed by atoms with van der Waals surface area (Å²) in [5.74, 6) is 0.769. The van der Waals surface area contributed by atoms with Gasteiger partial charge in [-0.25, -0.2) is 4.98 Å². The van der Waals surface area contributed by atoms with E-state index in [-0.39, 0.29) is 0 Å². The van der Waals surface area contributed by atoms with Crippen LogP contribution in [-0.2, 0) is 6.61 Å². The quantitative estimate of drug-likeness (QED) is 0.758. The van der Waals surface area contributed by atoms with Crippen molar-refractivity contribution < 1.29 is 4.74 Å². The second-order valence-corrected chi connectivity index (χ2v) is 5.05. The topological polar surface area (TPSA) is 22.1 Å². The van der Waals surface area contributed by atoms with Crippen molar-refractivity contribution in [1.29, 1.82) is 0 Å². The molecule has 0 aliphatic heterocycles. The molecule has 2 aromatic rings. The highest BCUT2D eigenvalue weighted by Crippen LogP contribution is 2.22. The molecule has 0 aliphatic rings. The molecule has 0 amide bonds. The molecule has 0 bridgehead atoms. The molecule has 0 unspecified atom stereocenters. The Bertz CT molecular complexity index is 534. The number of halogens is 3. The Morgan fingerprint density at radius 1 is 1.24 bits per heavy atom. The standard InChI is InChI=1S/C12H8BrCl2NO/c13-9-2-1-3-10(4-9)17-7-8-6-16-12(15)5-11(8)14/h1-6H,7H2. The van der Waals surface area contributed by atoms with E-state index >= 15 is 0 Å². The lowest BCUT2D eigenvalue weighted by Crippen LogP contribution is -1.97. The third-order valence-electron chi connectivity index (χ3n) is 2.09. The van der Waals surface area contributed by atoms with Crippen LogP contribution >= 0.6 is 39.1 Å². The van der Waals surface area contributed by atoms with Crippen LogP contribution in [0.15, 0.2) is 41.0 Å². The van der Waals surface area contributed by atoms with Crippen molar-refractivity contribution in [2.45, 2.75) is 6.61 Å². The van der Waals surface area contributed by atoms with Crippen molar-refractivity contribution >= 4 is 39.1 Å². The number of benzene rings is 1. The number of pyridine rings is 1. The van der Waals surface area contributed by atoms with Crippen LogP contribution in [0.2, 0.25) is 10.2 Å². The summed E-state index contributed by atoms with van der Waals surface area (Å²) in [6.07, 6.45) is 1.61. The fourth-order valence-electron chi connectivity index (χ4n) is 1.26. The van der Waals surface area contributed by atoms with Crippen LogP contribution < -0.4 is 4.74 Å². The molecule has 0 fully saturated rings. The molecule has 88 valence electrons. The van der Waals surface area contributed by atoms with Gasteiger partial charge in [0.2, 0.25) is 0 Å². The zero-order chi connectivity index (χ0) is 12.3. The minimum Gasteiger partial charge on any atom is -0.489 e. The molecule has 1 heterocycles. The number of nitrogens with zero attached hydrogens (tertiary/aromatic N) is 1. The van der Waals surface area contributed by atoms with E-state index in [9.17, 15) is 0 Å². The third kappa shape index (κ3) is 3.60. The molecule has 2 nitrogen and oxygen atoms in total. The van der Waals surface area contributed by atoms with Crippen molar-refractivity contribution in [3.63, 3.8) is 0 Å². The maximum Gasteiger partial charge on any atom is 0.130 e. The molecule has 0 aliphatic carbocycles.